The van der Waals surface area contributed by atoms with Crippen molar-refractivity contribution in [3.05, 3.63) is 0 Å². The van der Waals surface area contributed by atoms with Gasteiger partial charge >= 0.3 is 5.97 Å². The van der Waals surface area contributed by atoms with Gasteiger partial charge in [-0.3, -0.25) is 4.79 Å². The maximum Gasteiger partial charge on any atom is 0.326 e. The summed E-state index contributed by atoms with van der Waals surface area (Å²) in [5.74, 6) is 0.391. The van der Waals surface area contributed by atoms with Crippen molar-refractivity contribution in [2.24, 2.45) is 17.8 Å². The fourth-order valence-electron chi connectivity index (χ4n) is 3.19. The van der Waals surface area contributed by atoms with E-state index in [0.717, 1.165) is 12.8 Å². The summed E-state index contributed by atoms with van der Waals surface area (Å²) >= 11 is 0. The molecule has 0 aromatic carbocycles. The number of nitrogens with zero attached hydrogens (tertiary/aromatic N) is 1. The molecule has 0 spiro atoms. The van der Waals surface area contributed by atoms with Gasteiger partial charge in [-0.1, -0.05) is 13.3 Å². The molecule has 0 radical (unpaired) electrons. The van der Waals surface area contributed by atoms with Crippen LogP contribution in [0.1, 0.15) is 32.6 Å². The molecular weight excluding hydrogens is 206 g/mol. The lowest BCUT2D eigenvalue weighted by atomic mass is 10.1. The van der Waals surface area contributed by atoms with Gasteiger partial charge < -0.3 is 10.0 Å². The van der Waals surface area contributed by atoms with E-state index in [1.54, 1.807) is 14.0 Å². The molecule has 4 nitrogen and oxygen atoms in total. The van der Waals surface area contributed by atoms with Crippen molar-refractivity contribution in [2.75, 3.05) is 7.05 Å². The fourth-order valence-corrected chi connectivity index (χ4v) is 3.19. The van der Waals surface area contributed by atoms with Gasteiger partial charge in [-0.15, -0.1) is 0 Å². The maximum atomic E-state index is 12.1. The summed E-state index contributed by atoms with van der Waals surface area (Å²) in [5, 5.41) is 9.00. The molecule has 2 aliphatic rings. The van der Waals surface area contributed by atoms with E-state index in [2.05, 4.69) is 0 Å². The van der Waals surface area contributed by atoms with Gasteiger partial charge in [0.1, 0.15) is 6.04 Å². The average molecular weight is 225 g/mol. The van der Waals surface area contributed by atoms with Crippen molar-refractivity contribution >= 4 is 11.9 Å². The molecule has 2 rings (SSSR count). The summed E-state index contributed by atoms with van der Waals surface area (Å²) in [5.41, 5.74) is 0. The zero-order valence-corrected chi connectivity index (χ0v) is 9.85. The third kappa shape index (κ3) is 1.70. The first kappa shape index (κ1) is 11.4. The Balaban J connectivity index is 1.97. The average Bonchev–Trinajstić information content (AvgIpc) is 2.70. The minimum absolute atomic E-state index is 0.0453. The van der Waals surface area contributed by atoms with Crippen molar-refractivity contribution in [1.82, 2.24) is 4.90 Å². The molecule has 0 bridgehead atoms. The van der Waals surface area contributed by atoms with Gasteiger partial charge in [0.2, 0.25) is 5.91 Å². The number of carbonyl (C=O) groups is 2. The topological polar surface area (TPSA) is 57.6 Å². The van der Waals surface area contributed by atoms with E-state index in [1.807, 2.05) is 0 Å². The van der Waals surface area contributed by atoms with Crippen molar-refractivity contribution in [3.63, 3.8) is 0 Å². The smallest absolute Gasteiger partial charge is 0.326 e. The minimum Gasteiger partial charge on any atom is -0.480 e. The highest BCUT2D eigenvalue weighted by molar-refractivity contribution is 5.87. The second-order valence-corrected chi connectivity index (χ2v) is 5.00. The Morgan fingerprint density at radius 1 is 1.38 bits per heavy atom. The van der Waals surface area contributed by atoms with E-state index >= 15 is 0 Å². The first-order valence-corrected chi connectivity index (χ1v) is 6.07. The Kier molecular flexibility index (Phi) is 2.91. The first-order chi connectivity index (χ1) is 7.57. The van der Waals surface area contributed by atoms with Gasteiger partial charge in [0, 0.05) is 13.0 Å². The van der Waals surface area contributed by atoms with Gasteiger partial charge in [0.15, 0.2) is 0 Å². The van der Waals surface area contributed by atoms with E-state index < -0.39 is 12.0 Å². The quantitative estimate of drug-likeness (QED) is 0.785. The molecule has 3 unspecified atom stereocenters. The number of likely N-dealkylation sites (N-methyl/N-ethyl adjacent to an activating group) is 1. The highest BCUT2D eigenvalue weighted by atomic mass is 16.4. The molecule has 0 saturated heterocycles. The molecule has 4 heteroatoms. The molecule has 90 valence electrons. The van der Waals surface area contributed by atoms with Gasteiger partial charge in [0.25, 0.3) is 0 Å². The van der Waals surface area contributed by atoms with Crippen LogP contribution < -0.4 is 0 Å². The van der Waals surface area contributed by atoms with Crippen molar-refractivity contribution < 1.29 is 14.7 Å². The Morgan fingerprint density at radius 3 is 2.38 bits per heavy atom. The summed E-state index contributed by atoms with van der Waals surface area (Å²) in [6.07, 6.45) is 4.01. The molecule has 0 aliphatic heterocycles. The number of aliphatic carboxylic acids is 1. The molecule has 0 heterocycles. The lowest BCUT2D eigenvalue weighted by Gasteiger charge is -2.24. The summed E-state index contributed by atoms with van der Waals surface area (Å²) in [4.78, 5) is 24.5. The number of carboxylic acids is 1. The number of amides is 1. The summed E-state index contributed by atoms with van der Waals surface area (Å²) in [6, 6.07) is -0.658. The summed E-state index contributed by atoms with van der Waals surface area (Å²) in [7, 11) is 1.62. The van der Waals surface area contributed by atoms with Gasteiger partial charge in [-0.05, 0) is 31.1 Å². The van der Waals surface area contributed by atoms with Gasteiger partial charge in [-0.25, -0.2) is 4.79 Å². The Hall–Kier alpha value is -1.06. The highest BCUT2D eigenvalue weighted by Crippen LogP contribution is 2.58. The molecule has 2 fully saturated rings. The zero-order valence-electron chi connectivity index (χ0n) is 9.85. The van der Waals surface area contributed by atoms with Crippen LogP contribution in [0.3, 0.4) is 0 Å². The van der Waals surface area contributed by atoms with Crippen LogP contribution in [0.4, 0.5) is 0 Å². The summed E-state index contributed by atoms with van der Waals surface area (Å²) < 4.78 is 0. The molecule has 1 N–H and O–H groups in total. The van der Waals surface area contributed by atoms with Crippen molar-refractivity contribution in [3.8, 4) is 0 Å². The second kappa shape index (κ2) is 4.07. The lowest BCUT2D eigenvalue weighted by Crippen LogP contribution is -2.43. The standard InChI is InChI=1S/C12H19NO3/c1-3-9(12(15)16)13(2)11(14)10-7-5-4-6-8(7)10/h7-10H,3-6H2,1-2H3,(H,15,16). The number of carbonyl (C=O) groups excluding carboxylic acids is 1. The Bertz CT molecular complexity index is 305. The Morgan fingerprint density at radius 2 is 1.94 bits per heavy atom. The van der Waals surface area contributed by atoms with Crippen LogP contribution in [0.25, 0.3) is 0 Å². The third-order valence-electron chi connectivity index (χ3n) is 4.18. The highest BCUT2D eigenvalue weighted by Gasteiger charge is 2.57. The largest absolute Gasteiger partial charge is 0.480 e. The van der Waals surface area contributed by atoms with Crippen LogP contribution in [0.5, 0.6) is 0 Å². The predicted octanol–water partition coefficient (Wildman–Crippen LogP) is 1.35. The van der Waals surface area contributed by atoms with Crippen LogP contribution in [-0.2, 0) is 9.59 Å². The fraction of sp³-hybridized carbons (Fsp3) is 0.833. The first-order valence-electron chi connectivity index (χ1n) is 6.07. The molecule has 2 aliphatic carbocycles. The van der Waals surface area contributed by atoms with E-state index in [0.29, 0.717) is 18.3 Å². The number of hydrogen-bond donors (Lipinski definition) is 1. The van der Waals surface area contributed by atoms with Gasteiger partial charge in [0.05, 0.1) is 0 Å². The normalized spacial score (nSPS) is 33.0. The molecular formula is C12H19NO3. The SMILES string of the molecule is CCC(C(=O)O)N(C)C(=O)C1C2CCCC21. The summed E-state index contributed by atoms with van der Waals surface area (Å²) in [6.45, 7) is 1.80. The second-order valence-electron chi connectivity index (χ2n) is 5.00. The molecule has 0 aromatic rings. The molecule has 16 heavy (non-hydrogen) atoms. The van der Waals surface area contributed by atoms with Crippen LogP contribution in [-0.4, -0.2) is 35.0 Å². The molecule has 1 amide bonds. The van der Waals surface area contributed by atoms with Crippen LogP contribution >= 0.6 is 0 Å². The van der Waals surface area contributed by atoms with E-state index in [4.69, 9.17) is 5.11 Å². The third-order valence-corrected chi connectivity index (χ3v) is 4.18. The van der Waals surface area contributed by atoms with Crippen molar-refractivity contribution in [2.45, 2.75) is 38.6 Å². The number of rotatable bonds is 4. The van der Waals surface area contributed by atoms with Crippen LogP contribution in [0.15, 0.2) is 0 Å². The number of fused-ring (bicyclic) bond motifs is 1. The maximum absolute atomic E-state index is 12.1. The lowest BCUT2D eigenvalue weighted by molar-refractivity contribution is -0.150. The number of carboxylic acid groups (broad SMARTS) is 1. The van der Waals surface area contributed by atoms with E-state index in [1.165, 1.54) is 11.3 Å². The molecule has 0 aromatic heterocycles. The van der Waals surface area contributed by atoms with Crippen LogP contribution in [0.2, 0.25) is 0 Å². The van der Waals surface area contributed by atoms with Gasteiger partial charge in [-0.2, -0.15) is 0 Å². The van der Waals surface area contributed by atoms with Crippen LogP contribution in [0, 0.1) is 17.8 Å². The zero-order chi connectivity index (χ0) is 11.9. The van der Waals surface area contributed by atoms with E-state index in [9.17, 15) is 9.59 Å². The minimum atomic E-state index is -0.899. The van der Waals surface area contributed by atoms with E-state index in [-0.39, 0.29) is 11.8 Å². The molecule has 2 saturated carbocycles. The molecule has 3 atom stereocenters. The number of hydrogen-bond acceptors (Lipinski definition) is 2. The van der Waals surface area contributed by atoms with Crippen molar-refractivity contribution in [1.29, 1.82) is 0 Å². The monoisotopic (exact) mass is 225 g/mol. The Labute approximate surface area is 95.6 Å². The predicted molar refractivity (Wildman–Crippen MR) is 58.8 cm³/mol.